The Balaban J connectivity index is 0.913. The molecule has 1 amide bonds. The highest BCUT2D eigenvalue weighted by atomic mass is 16.6. The Labute approximate surface area is 308 Å². The Kier molecular flexibility index (Phi) is 13.4. The molecule has 0 spiro atoms. The highest BCUT2D eigenvalue weighted by Crippen LogP contribution is 2.31. The summed E-state index contributed by atoms with van der Waals surface area (Å²) < 4.78 is 23.2. The van der Waals surface area contributed by atoms with Crippen LogP contribution in [-0.2, 0) is 15.9 Å². The van der Waals surface area contributed by atoms with Crippen molar-refractivity contribution in [3.05, 3.63) is 84.3 Å². The molecule has 3 N–H and O–H groups in total. The number of unbranched alkanes of at least 4 members (excludes halogenated alkanes) is 1. The predicted octanol–water partition coefficient (Wildman–Crippen LogP) is 6.93. The number of nitrogens with zero attached hydrogens (tertiary/aromatic N) is 3. The molecule has 0 radical (unpaired) electrons. The van der Waals surface area contributed by atoms with Crippen molar-refractivity contribution in [3.8, 4) is 22.6 Å². The van der Waals surface area contributed by atoms with Crippen molar-refractivity contribution < 1.29 is 23.7 Å². The lowest BCUT2D eigenvalue weighted by atomic mass is 9.91. The number of carbonyl (C=O) groups is 1. The number of hydrogen-bond acceptors (Lipinski definition) is 10. The van der Waals surface area contributed by atoms with Crippen LogP contribution in [0.1, 0.15) is 68.9 Å². The van der Waals surface area contributed by atoms with E-state index in [1.807, 2.05) is 36.7 Å². The van der Waals surface area contributed by atoms with Crippen molar-refractivity contribution >= 4 is 17.5 Å². The van der Waals surface area contributed by atoms with Gasteiger partial charge in [-0.2, -0.15) is 5.10 Å². The van der Waals surface area contributed by atoms with Gasteiger partial charge in [0.05, 0.1) is 32.6 Å². The van der Waals surface area contributed by atoms with Crippen molar-refractivity contribution in [2.75, 3.05) is 52.3 Å². The van der Waals surface area contributed by atoms with Crippen LogP contribution < -0.4 is 25.5 Å². The fraction of sp³-hybridized carbons (Fsp3) is 0.488. The maximum Gasteiger partial charge on any atom is 0.407 e. The molecule has 3 atom stereocenters. The number of likely N-dealkylation sites (tertiary alicyclic amines) is 1. The normalized spacial score (nSPS) is 20.5. The monoisotopic (exact) mass is 710 g/mol. The molecular weight excluding hydrogens is 656 g/mol. The minimum Gasteiger partial charge on any atom is -0.493 e. The minimum absolute atomic E-state index is 0.100. The van der Waals surface area contributed by atoms with Crippen LogP contribution in [0.4, 0.5) is 10.5 Å². The fourth-order valence-corrected chi connectivity index (χ4v) is 7.45. The van der Waals surface area contributed by atoms with E-state index in [2.05, 4.69) is 61.9 Å². The van der Waals surface area contributed by atoms with Gasteiger partial charge in [-0.15, -0.1) is 0 Å². The largest absolute Gasteiger partial charge is 0.493 e. The molecule has 3 heterocycles. The van der Waals surface area contributed by atoms with E-state index in [9.17, 15) is 4.79 Å². The molecule has 1 saturated heterocycles. The molecule has 278 valence electrons. The van der Waals surface area contributed by atoms with Crippen molar-refractivity contribution in [1.82, 2.24) is 20.6 Å². The molecular formula is C41H54N6O5. The van der Waals surface area contributed by atoms with Crippen LogP contribution in [0.2, 0.25) is 0 Å². The molecule has 2 aliphatic heterocycles. The molecule has 11 nitrogen and oxygen atoms in total. The molecule has 1 saturated carbocycles. The number of rotatable bonds is 16. The Bertz CT molecular complexity index is 1670. The third-order valence-electron chi connectivity index (χ3n) is 10.3. The third-order valence-corrected chi connectivity index (χ3v) is 10.3. The summed E-state index contributed by atoms with van der Waals surface area (Å²) in [5.74, 6) is 1.47. The zero-order valence-electron chi connectivity index (χ0n) is 30.7. The molecule has 11 heteroatoms. The number of anilines is 1. The van der Waals surface area contributed by atoms with Crippen molar-refractivity contribution in [3.63, 3.8) is 0 Å². The van der Waals surface area contributed by atoms with E-state index in [1.54, 1.807) is 14.2 Å². The lowest BCUT2D eigenvalue weighted by Gasteiger charge is -2.37. The second-order valence-electron chi connectivity index (χ2n) is 13.8. The lowest BCUT2D eigenvalue weighted by Crippen LogP contribution is -2.46. The number of hydrazone groups is 1. The lowest BCUT2D eigenvalue weighted by molar-refractivity contribution is -0.0319. The van der Waals surface area contributed by atoms with E-state index in [4.69, 9.17) is 18.9 Å². The second kappa shape index (κ2) is 18.8. The highest BCUT2D eigenvalue weighted by Gasteiger charge is 2.36. The van der Waals surface area contributed by atoms with Gasteiger partial charge in [0.25, 0.3) is 0 Å². The number of amides is 1. The van der Waals surface area contributed by atoms with Crippen molar-refractivity contribution in [2.45, 2.75) is 82.5 Å². The van der Waals surface area contributed by atoms with Gasteiger partial charge in [-0.3, -0.25) is 15.3 Å². The first-order valence-electron chi connectivity index (χ1n) is 18.8. The Morgan fingerprint density at radius 2 is 1.77 bits per heavy atom. The van der Waals surface area contributed by atoms with E-state index in [1.165, 1.54) is 12.8 Å². The number of methoxy groups -OCH3 is 2. The van der Waals surface area contributed by atoms with Gasteiger partial charge in [-0.05, 0) is 98.4 Å². The second-order valence-corrected chi connectivity index (χ2v) is 13.8. The molecule has 6 rings (SSSR count). The van der Waals surface area contributed by atoms with Crippen LogP contribution in [0.3, 0.4) is 0 Å². The molecule has 1 aliphatic carbocycles. The van der Waals surface area contributed by atoms with Crippen LogP contribution in [0, 0.1) is 0 Å². The quantitative estimate of drug-likeness (QED) is 0.136. The van der Waals surface area contributed by atoms with Gasteiger partial charge in [-0.25, -0.2) is 4.79 Å². The van der Waals surface area contributed by atoms with Gasteiger partial charge in [0.15, 0.2) is 11.5 Å². The first-order valence-corrected chi connectivity index (χ1v) is 18.8. The molecule has 0 unspecified atom stereocenters. The number of alkyl carbamates (subject to hydrolysis) is 1. The molecule has 1 aromatic heterocycles. The van der Waals surface area contributed by atoms with E-state index in [0.29, 0.717) is 19.2 Å². The van der Waals surface area contributed by atoms with Gasteiger partial charge in [0.1, 0.15) is 6.10 Å². The predicted molar refractivity (Wildman–Crippen MR) is 205 cm³/mol. The summed E-state index contributed by atoms with van der Waals surface area (Å²) in [6.07, 6.45) is 13.1. The zero-order chi connectivity index (χ0) is 36.1. The molecule has 52 heavy (non-hydrogen) atoms. The number of benzene rings is 2. The number of pyridine rings is 1. The maximum atomic E-state index is 12.7. The summed E-state index contributed by atoms with van der Waals surface area (Å²) >= 11 is 0. The number of carbonyl (C=O) groups excluding carboxylic acids is 1. The Hall–Kier alpha value is -4.61. The third kappa shape index (κ3) is 10.0. The van der Waals surface area contributed by atoms with Crippen LogP contribution in [0.15, 0.2) is 78.3 Å². The zero-order valence-corrected chi connectivity index (χ0v) is 30.7. The summed E-state index contributed by atoms with van der Waals surface area (Å²) in [4.78, 5) is 19.4. The van der Waals surface area contributed by atoms with Gasteiger partial charge in [0, 0.05) is 61.6 Å². The van der Waals surface area contributed by atoms with Gasteiger partial charge in [0.2, 0.25) is 0 Å². The maximum absolute atomic E-state index is 12.7. The van der Waals surface area contributed by atoms with Crippen molar-refractivity contribution in [1.29, 1.82) is 0 Å². The Morgan fingerprint density at radius 3 is 2.58 bits per heavy atom. The highest BCUT2D eigenvalue weighted by molar-refractivity contribution is 6.06. The SMILES string of the molecule is C=C1CCC(c2ccc(-c3ccncc3)cc2NCCCCNC(=O)O[C@@H]2CCN([C@@H]3CCCC[C@H]3OCCc3ccc(OC)c(OC)c3)C2)=NN1. The van der Waals surface area contributed by atoms with E-state index >= 15 is 0 Å². The summed E-state index contributed by atoms with van der Waals surface area (Å²) in [5, 5.41) is 11.2. The summed E-state index contributed by atoms with van der Waals surface area (Å²) in [7, 11) is 3.31. The Morgan fingerprint density at radius 1 is 0.942 bits per heavy atom. The summed E-state index contributed by atoms with van der Waals surface area (Å²) in [5.41, 5.74) is 10.5. The summed E-state index contributed by atoms with van der Waals surface area (Å²) in [6.45, 7) is 7.67. The smallest absolute Gasteiger partial charge is 0.407 e. The number of hydrogen-bond donors (Lipinski definition) is 3. The standard InChI is InChI=1S/C41H54N6O5/c1-29-10-14-35(46-45-29)34-13-12-32(31-16-22-42-23-17-31)27-36(34)43-20-6-7-21-44-41(48)52-33-18-24-47(28-33)37-8-4-5-9-38(37)51-25-19-30-11-15-39(49-2)40(26-30)50-3/h11-13,15-17,22-23,26-27,33,37-38,43,45H,1,4-10,14,18-21,24-25,28H2,2-3H3,(H,44,48)/t33-,37-,38-/m1/s1. The van der Waals surface area contributed by atoms with Gasteiger partial charge in [-0.1, -0.05) is 37.6 Å². The molecule has 2 aromatic carbocycles. The average Bonchev–Trinajstić information content (AvgIpc) is 3.65. The van der Waals surface area contributed by atoms with Crippen LogP contribution in [0.5, 0.6) is 11.5 Å². The van der Waals surface area contributed by atoms with E-state index in [-0.39, 0.29) is 18.3 Å². The van der Waals surface area contributed by atoms with E-state index < -0.39 is 0 Å². The van der Waals surface area contributed by atoms with Gasteiger partial charge >= 0.3 is 6.09 Å². The molecule has 0 bridgehead atoms. The van der Waals surface area contributed by atoms with E-state index in [0.717, 1.165) is 122 Å². The first-order chi connectivity index (χ1) is 25.5. The fourth-order valence-electron chi connectivity index (χ4n) is 7.45. The average molecular weight is 711 g/mol. The molecule has 2 fully saturated rings. The topological polar surface area (TPSA) is 119 Å². The molecule has 3 aromatic rings. The summed E-state index contributed by atoms with van der Waals surface area (Å²) in [6, 6.07) is 16.9. The minimum atomic E-state index is -0.331. The van der Waals surface area contributed by atoms with Gasteiger partial charge < -0.3 is 29.6 Å². The number of nitrogens with one attached hydrogen (secondary N) is 3. The number of allylic oxidation sites excluding steroid dienone is 1. The first kappa shape index (κ1) is 37.2. The van der Waals surface area contributed by atoms with Crippen LogP contribution >= 0.6 is 0 Å². The number of aromatic nitrogens is 1. The van der Waals surface area contributed by atoms with Crippen LogP contribution in [-0.4, -0.2) is 86.9 Å². The number of ether oxygens (including phenoxy) is 4. The van der Waals surface area contributed by atoms with Crippen LogP contribution in [0.25, 0.3) is 11.1 Å². The molecule has 3 aliphatic rings. The van der Waals surface area contributed by atoms with Crippen molar-refractivity contribution in [2.24, 2.45) is 5.10 Å².